The van der Waals surface area contributed by atoms with Crippen LogP contribution in [0.3, 0.4) is 0 Å². The van der Waals surface area contributed by atoms with Gasteiger partial charge in [0, 0.05) is 7.05 Å². The topological polar surface area (TPSA) is 15.3 Å². The van der Waals surface area contributed by atoms with E-state index in [1.165, 1.54) is 0 Å². The van der Waals surface area contributed by atoms with Gasteiger partial charge >= 0.3 is 0 Å². The Kier molecular flexibility index (Phi) is 1.23. The molecule has 39 valence electrons. The van der Waals surface area contributed by atoms with Gasteiger partial charge in [-0.25, -0.2) is 0 Å². The third kappa shape index (κ3) is 0.881. The smallest absolute Gasteiger partial charge is 0.108 e. The predicted molar refractivity (Wildman–Crippen MR) is 31.4 cm³/mol. The predicted octanol–water partition coefficient (Wildman–Crippen LogP) is 0.476. The third-order valence-corrected chi connectivity index (χ3v) is 1.65. The molecule has 0 saturated carbocycles. The Balaban J connectivity index is 2.54. The van der Waals surface area contributed by atoms with Gasteiger partial charge in [-0.05, 0) is 15.9 Å². The summed E-state index contributed by atoms with van der Waals surface area (Å²) in [6, 6.07) is 0. The van der Waals surface area contributed by atoms with Crippen LogP contribution in [0.1, 0.15) is 0 Å². The van der Waals surface area contributed by atoms with Crippen LogP contribution in [0.4, 0.5) is 0 Å². The maximum Gasteiger partial charge on any atom is 0.108 e. The molecule has 0 saturated heterocycles. The summed E-state index contributed by atoms with van der Waals surface area (Å²) in [5.41, 5.74) is 0. The summed E-state index contributed by atoms with van der Waals surface area (Å²) in [6.45, 7) is 0.862. The van der Waals surface area contributed by atoms with Gasteiger partial charge in [-0.3, -0.25) is 0 Å². The summed E-state index contributed by atoms with van der Waals surface area (Å²) in [5, 5.41) is 2.91. The number of nitrogens with zero attached hydrogens (tertiary/aromatic N) is 1. The molecular formula is C4H6BrN2. The Morgan fingerprint density at radius 2 is 2.71 bits per heavy atom. The summed E-state index contributed by atoms with van der Waals surface area (Å²) in [6.07, 6.45) is 2.88. The minimum atomic E-state index is 0.862. The summed E-state index contributed by atoms with van der Waals surface area (Å²) in [5.74, 6) is 0. The molecule has 1 rings (SSSR count). The fourth-order valence-corrected chi connectivity index (χ4v) is 0.661. The number of rotatable bonds is 0. The van der Waals surface area contributed by atoms with E-state index in [1.807, 2.05) is 11.9 Å². The number of hydrogen-bond acceptors (Lipinski definition) is 2. The van der Waals surface area contributed by atoms with Crippen molar-refractivity contribution < 1.29 is 0 Å². The van der Waals surface area contributed by atoms with Crippen LogP contribution >= 0.6 is 15.9 Å². The second kappa shape index (κ2) is 1.74. The molecule has 0 atom stereocenters. The zero-order valence-electron chi connectivity index (χ0n) is 4.03. The standard InChI is InChI=1S/C4H6BrN2/c1-7-3-6-2-4(7)5/h6H,3H2,1H3. The summed E-state index contributed by atoms with van der Waals surface area (Å²) >= 11 is 3.27. The van der Waals surface area contributed by atoms with Crippen LogP contribution in [0.15, 0.2) is 4.61 Å². The highest BCUT2D eigenvalue weighted by atomic mass is 79.9. The minimum absolute atomic E-state index is 0.862. The zero-order chi connectivity index (χ0) is 5.28. The first kappa shape index (κ1) is 4.97. The van der Waals surface area contributed by atoms with Crippen LogP contribution in [0.25, 0.3) is 0 Å². The third-order valence-electron chi connectivity index (χ3n) is 0.843. The molecule has 0 bridgehead atoms. The number of halogens is 1. The maximum absolute atomic E-state index is 3.27. The Bertz CT molecular complexity index is 99.9. The van der Waals surface area contributed by atoms with E-state index in [0.29, 0.717) is 0 Å². The lowest BCUT2D eigenvalue weighted by molar-refractivity contribution is 0.467. The van der Waals surface area contributed by atoms with Crippen molar-refractivity contribution in [1.29, 1.82) is 0 Å². The van der Waals surface area contributed by atoms with E-state index >= 15 is 0 Å². The van der Waals surface area contributed by atoms with Crippen LogP contribution in [0.5, 0.6) is 0 Å². The first-order valence-electron chi connectivity index (χ1n) is 2.03. The Morgan fingerprint density at radius 3 is 2.86 bits per heavy atom. The van der Waals surface area contributed by atoms with Crippen molar-refractivity contribution >= 4 is 15.9 Å². The van der Waals surface area contributed by atoms with E-state index in [0.717, 1.165) is 11.3 Å². The highest BCUT2D eigenvalue weighted by molar-refractivity contribution is 9.11. The molecule has 0 aliphatic carbocycles. The molecule has 2 nitrogen and oxygen atoms in total. The van der Waals surface area contributed by atoms with Crippen LogP contribution < -0.4 is 5.32 Å². The molecule has 0 aromatic carbocycles. The molecular weight excluding hydrogens is 156 g/mol. The van der Waals surface area contributed by atoms with Crippen molar-refractivity contribution in [2.75, 3.05) is 13.7 Å². The van der Waals surface area contributed by atoms with E-state index in [2.05, 4.69) is 27.4 Å². The van der Waals surface area contributed by atoms with Crippen LogP contribution in [0, 0.1) is 6.20 Å². The van der Waals surface area contributed by atoms with Gasteiger partial charge in [0.15, 0.2) is 0 Å². The van der Waals surface area contributed by atoms with Gasteiger partial charge < -0.3 is 10.2 Å². The van der Waals surface area contributed by atoms with Gasteiger partial charge in [0.25, 0.3) is 0 Å². The molecule has 0 aromatic heterocycles. The lowest BCUT2D eigenvalue weighted by Gasteiger charge is -2.07. The molecule has 0 aromatic rings. The van der Waals surface area contributed by atoms with Crippen molar-refractivity contribution in [3.05, 3.63) is 10.8 Å². The molecule has 1 aliphatic heterocycles. The van der Waals surface area contributed by atoms with Crippen LogP contribution in [0.2, 0.25) is 0 Å². The molecule has 1 heterocycles. The number of nitrogens with one attached hydrogen (secondary N) is 1. The van der Waals surface area contributed by atoms with E-state index in [-0.39, 0.29) is 0 Å². The normalized spacial score (nSPS) is 19.1. The Hall–Kier alpha value is -0.180. The molecule has 1 radical (unpaired) electrons. The van der Waals surface area contributed by atoms with E-state index in [1.54, 1.807) is 0 Å². The van der Waals surface area contributed by atoms with E-state index in [9.17, 15) is 0 Å². The van der Waals surface area contributed by atoms with Crippen LogP contribution in [-0.2, 0) is 0 Å². The van der Waals surface area contributed by atoms with E-state index in [4.69, 9.17) is 0 Å². The molecule has 1 N–H and O–H groups in total. The SMILES string of the molecule is CN1CN[C]=C1Br. The zero-order valence-corrected chi connectivity index (χ0v) is 5.62. The van der Waals surface area contributed by atoms with Crippen molar-refractivity contribution in [3.8, 4) is 0 Å². The summed E-state index contributed by atoms with van der Waals surface area (Å²) < 4.78 is 0.993. The first-order chi connectivity index (χ1) is 3.30. The van der Waals surface area contributed by atoms with Crippen molar-refractivity contribution in [1.82, 2.24) is 10.2 Å². The van der Waals surface area contributed by atoms with Gasteiger partial charge in [0.1, 0.15) is 4.61 Å². The summed E-state index contributed by atoms with van der Waals surface area (Å²) in [7, 11) is 1.98. The highest BCUT2D eigenvalue weighted by Gasteiger charge is 2.04. The molecule has 1 aliphatic rings. The van der Waals surface area contributed by atoms with Gasteiger partial charge in [-0.1, -0.05) is 0 Å². The monoisotopic (exact) mass is 161 g/mol. The van der Waals surface area contributed by atoms with Crippen LogP contribution in [-0.4, -0.2) is 18.6 Å². The quantitative estimate of drug-likeness (QED) is 0.521. The molecule has 7 heavy (non-hydrogen) atoms. The molecule has 3 heteroatoms. The average Bonchev–Trinajstić information content (AvgIpc) is 1.91. The largest absolute Gasteiger partial charge is 0.364 e. The minimum Gasteiger partial charge on any atom is -0.364 e. The van der Waals surface area contributed by atoms with Gasteiger partial charge in [0.05, 0.1) is 12.9 Å². The first-order valence-corrected chi connectivity index (χ1v) is 2.82. The molecule has 0 amide bonds. The molecule has 0 fully saturated rings. The second-order valence-electron chi connectivity index (χ2n) is 1.45. The van der Waals surface area contributed by atoms with E-state index < -0.39 is 0 Å². The van der Waals surface area contributed by atoms with Gasteiger partial charge in [0.2, 0.25) is 0 Å². The van der Waals surface area contributed by atoms with Crippen molar-refractivity contribution in [2.24, 2.45) is 0 Å². The fourth-order valence-electron chi connectivity index (χ4n) is 0.396. The van der Waals surface area contributed by atoms with Crippen molar-refractivity contribution in [3.63, 3.8) is 0 Å². The Morgan fingerprint density at radius 1 is 2.00 bits per heavy atom. The van der Waals surface area contributed by atoms with Gasteiger partial charge in [-0.15, -0.1) is 0 Å². The maximum atomic E-state index is 3.27. The average molecular weight is 162 g/mol. The lowest BCUT2D eigenvalue weighted by atomic mass is 10.9. The molecule has 0 unspecified atom stereocenters. The fraction of sp³-hybridized carbons (Fsp3) is 0.500. The lowest BCUT2D eigenvalue weighted by Crippen LogP contribution is -2.16. The van der Waals surface area contributed by atoms with Gasteiger partial charge in [-0.2, -0.15) is 0 Å². The molecule has 0 spiro atoms. The highest BCUT2D eigenvalue weighted by Crippen LogP contribution is 2.09. The summed E-state index contributed by atoms with van der Waals surface area (Å²) in [4.78, 5) is 2.01. The Labute approximate surface area is 51.3 Å². The number of hydrogen-bond donors (Lipinski definition) is 1. The second-order valence-corrected chi connectivity index (χ2v) is 2.20. The van der Waals surface area contributed by atoms with Crippen molar-refractivity contribution in [2.45, 2.75) is 0 Å².